The third-order valence-electron chi connectivity index (χ3n) is 2.99. The fourth-order valence-electron chi connectivity index (χ4n) is 2.17. The Morgan fingerprint density at radius 1 is 1.40 bits per heavy atom. The van der Waals surface area contributed by atoms with Gasteiger partial charge in [-0.1, -0.05) is 0 Å². The lowest BCUT2D eigenvalue weighted by atomic mass is 10.2. The molecule has 0 bridgehead atoms. The van der Waals surface area contributed by atoms with E-state index >= 15 is 0 Å². The first-order valence-corrected chi connectivity index (χ1v) is 7.49. The number of aromatic nitrogens is 5. The Kier molecular flexibility index (Phi) is 2.74. The van der Waals surface area contributed by atoms with Gasteiger partial charge in [-0.25, -0.2) is 9.97 Å². The minimum Gasteiger partial charge on any atom is -0.369 e. The number of anilines is 1. The Labute approximate surface area is 126 Å². The van der Waals surface area contributed by atoms with Gasteiger partial charge in [-0.2, -0.15) is 14.3 Å². The number of fused-ring (bicyclic) bond motifs is 3. The smallest absolute Gasteiger partial charge is 0.254 e. The lowest BCUT2D eigenvalue weighted by molar-refractivity contribution is 0.778. The van der Waals surface area contributed by atoms with Gasteiger partial charge in [-0.3, -0.25) is 0 Å². The molecule has 0 spiro atoms. The van der Waals surface area contributed by atoms with Gasteiger partial charge in [0, 0.05) is 36.4 Å². The SMILES string of the molecule is Brc1cc2cn/c(=N/c3ncns3)nc-2n2c1NCC2. The van der Waals surface area contributed by atoms with Gasteiger partial charge in [0.2, 0.25) is 5.13 Å². The van der Waals surface area contributed by atoms with Crippen LogP contribution in [0.25, 0.3) is 11.4 Å². The van der Waals surface area contributed by atoms with Crippen LogP contribution in [-0.2, 0) is 6.54 Å². The quantitative estimate of drug-likeness (QED) is 0.722. The van der Waals surface area contributed by atoms with E-state index < -0.39 is 0 Å². The zero-order valence-corrected chi connectivity index (χ0v) is 12.5. The van der Waals surface area contributed by atoms with Crippen molar-refractivity contribution in [1.29, 1.82) is 0 Å². The van der Waals surface area contributed by atoms with E-state index in [1.165, 1.54) is 17.9 Å². The summed E-state index contributed by atoms with van der Waals surface area (Å²) in [6.45, 7) is 1.77. The summed E-state index contributed by atoms with van der Waals surface area (Å²) in [5.41, 5.74) is 1.37. The number of rotatable bonds is 1. The molecule has 0 aromatic carbocycles. The summed E-state index contributed by atoms with van der Waals surface area (Å²) in [5.74, 6) is 1.91. The second-order valence-corrected chi connectivity index (χ2v) is 5.82. The molecule has 4 heterocycles. The zero-order chi connectivity index (χ0) is 13.5. The van der Waals surface area contributed by atoms with Crippen molar-refractivity contribution in [1.82, 2.24) is 23.9 Å². The number of nitrogens with zero attached hydrogens (tertiary/aromatic N) is 6. The van der Waals surface area contributed by atoms with Crippen LogP contribution in [0.1, 0.15) is 0 Å². The van der Waals surface area contributed by atoms with Gasteiger partial charge in [0.05, 0.1) is 4.47 Å². The van der Waals surface area contributed by atoms with Crippen molar-refractivity contribution in [3.63, 3.8) is 0 Å². The molecule has 0 unspecified atom stereocenters. The highest BCUT2D eigenvalue weighted by atomic mass is 79.9. The molecular weight excluding hydrogens is 342 g/mol. The van der Waals surface area contributed by atoms with E-state index in [4.69, 9.17) is 0 Å². The monoisotopic (exact) mass is 349 g/mol. The summed E-state index contributed by atoms with van der Waals surface area (Å²) in [7, 11) is 0. The fourth-order valence-corrected chi connectivity index (χ4v) is 3.18. The summed E-state index contributed by atoms with van der Waals surface area (Å²) in [4.78, 5) is 17.1. The van der Waals surface area contributed by atoms with Crippen molar-refractivity contribution >= 4 is 38.4 Å². The van der Waals surface area contributed by atoms with Crippen LogP contribution < -0.4 is 10.9 Å². The van der Waals surface area contributed by atoms with Crippen LogP contribution in [-0.4, -0.2) is 30.4 Å². The van der Waals surface area contributed by atoms with Crippen molar-refractivity contribution in [3.8, 4) is 11.4 Å². The Hall–Kier alpha value is -1.87. The van der Waals surface area contributed by atoms with Crippen LogP contribution in [0.4, 0.5) is 10.9 Å². The van der Waals surface area contributed by atoms with Gasteiger partial charge in [-0.15, -0.1) is 0 Å². The number of hydrogen-bond donors (Lipinski definition) is 1. The van der Waals surface area contributed by atoms with E-state index in [9.17, 15) is 0 Å². The molecule has 0 radical (unpaired) electrons. The molecule has 0 atom stereocenters. The average molecular weight is 350 g/mol. The van der Waals surface area contributed by atoms with Crippen LogP contribution in [0, 0.1) is 0 Å². The highest BCUT2D eigenvalue weighted by Gasteiger charge is 2.19. The van der Waals surface area contributed by atoms with Crippen molar-refractivity contribution in [2.45, 2.75) is 6.54 Å². The van der Waals surface area contributed by atoms with E-state index in [0.717, 1.165) is 34.8 Å². The van der Waals surface area contributed by atoms with Gasteiger partial charge in [-0.05, 0) is 22.0 Å². The molecule has 4 rings (SSSR count). The minimum atomic E-state index is 0.401. The van der Waals surface area contributed by atoms with Gasteiger partial charge >= 0.3 is 0 Å². The number of hydrogen-bond acceptors (Lipinski definition) is 7. The normalized spacial score (nSPS) is 14.6. The highest BCUT2D eigenvalue weighted by molar-refractivity contribution is 9.10. The molecule has 1 aromatic rings. The van der Waals surface area contributed by atoms with Crippen LogP contribution >= 0.6 is 27.5 Å². The molecule has 3 aliphatic heterocycles. The van der Waals surface area contributed by atoms with Crippen molar-refractivity contribution in [2.24, 2.45) is 4.99 Å². The molecule has 100 valence electrons. The predicted molar refractivity (Wildman–Crippen MR) is 78.0 cm³/mol. The number of pyridine rings is 1. The third kappa shape index (κ3) is 1.90. The van der Waals surface area contributed by atoms with E-state index in [1.54, 1.807) is 6.20 Å². The molecule has 0 amide bonds. The minimum absolute atomic E-state index is 0.401. The Balaban J connectivity index is 1.96. The molecule has 1 aromatic heterocycles. The number of halogens is 1. The van der Waals surface area contributed by atoms with Crippen LogP contribution in [0.15, 0.2) is 28.1 Å². The Bertz CT molecular complexity index is 810. The topological polar surface area (TPSA) is 80.9 Å². The summed E-state index contributed by atoms with van der Waals surface area (Å²) in [6, 6.07) is 2.01. The molecule has 3 aliphatic rings. The standard InChI is InChI=1S/C11H8BrN7S/c12-7-3-6-4-14-10(18-11-15-5-16-20-11)17-8(6)19-2-1-13-9(7)19/h3-5,13H,1-2H2/b18-10-. The predicted octanol–water partition coefficient (Wildman–Crippen LogP) is 1.65. The summed E-state index contributed by atoms with van der Waals surface area (Å²) >= 11 is 4.77. The van der Waals surface area contributed by atoms with Crippen molar-refractivity contribution < 1.29 is 0 Å². The van der Waals surface area contributed by atoms with Crippen LogP contribution in [0.5, 0.6) is 0 Å². The van der Waals surface area contributed by atoms with E-state index in [1.807, 2.05) is 6.07 Å². The molecule has 20 heavy (non-hydrogen) atoms. The fraction of sp³-hybridized carbons (Fsp3) is 0.182. The maximum absolute atomic E-state index is 4.53. The molecule has 0 saturated heterocycles. The zero-order valence-electron chi connectivity index (χ0n) is 10.1. The first-order valence-electron chi connectivity index (χ1n) is 5.92. The lowest BCUT2D eigenvalue weighted by Gasteiger charge is -2.13. The maximum atomic E-state index is 4.53. The molecule has 0 saturated carbocycles. The van der Waals surface area contributed by atoms with Crippen LogP contribution in [0.3, 0.4) is 0 Å². The van der Waals surface area contributed by atoms with E-state index in [2.05, 4.69) is 50.1 Å². The second-order valence-electron chi connectivity index (χ2n) is 4.20. The summed E-state index contributed by atoms with van der Waals surface area (Å²) in [5, 5.41) is 3.89. The molecular formula is C11H8BrN7S. The Morgan fingerprint density at radius 2 is 2.35 bits per heavy atom. The highest BCUT2D eigenvalue weighted by Crippen LogP contribution is 2.33. The lowest BCUT2D eigenvalue weighted by Crippen LogP contribution is -2.17. The molecule has 7 nitrogen and oxygen atoms in total. The molecule has 9 heteroatoms. The summed E-state index contributed by atoms with van der Waals surface area (Å²) < 4.78 is 7.05. The second kappa shape index (κ2) is 4.60. The van der Waals surface area contributed by atoms with Crippen LogP contribution in [0.2, 0.25) is 0 Å². The van der Waals surface area contributed by atoms with Gasteiger partial charge in [0.15, 0.2) is 0 Å². The molecule has 0 aliphatic carbocycles. The van der Waals surface area contributed by atoms with Gasteiger partial charge in [0.1, 0.15) is 18.0 Å². The first-order chi connectivity index (χ1) is 9.81. The number of nitrogens with one attached hydrogen (secondary N) is 1. The van der Waals surface area contributed by atoms with Crippen molar-refractivity contribution in [3.05, 3.63) is 28.7 Å². The molecule has 0 fully saturated rings. The Morgan fingerprint density at radius 3 is 3.20 bits per heavy atom. The van der Waals surface area contributed by atoms with Crippen molar-refractivity contribution in [2.75, 3.05) is 11.9 Å². The first kappa shape index (κ1) is 11.9. The van der Waals surface area contributed by atoms with Gasteiger partial charge < -0.3 is 9.88 Å². The van der Waals surface area contributed by atoms with E-state index in [-0.39, 0.29) is 0 Å². The third-order valence-corrected chi connectivity index (χ3v) is 4.15. The largest absolute Gasteiger partial charge is 0.369 e. The van der Waals surface area contributed by atoms with Gasteiger partial charge in [0.25, 0.3) is 5.62 Å². The average Bonchev–Trinajstić information content (AvgIpc) is 3.10. The molecule has 1 N–H and O–H groups in total. The van der Waals surface area contributed by atoms with E-state index in [0.29, 0.717) is 10.7 Å². The summed E-state index contributed by atoms with van der Waals surface area (Å²) in [6.07, 6.45) is 3.25. The maximum Gasteiger partial charge on any atom is 0.254 e.